The van der Waals surface area contributed by atoms with E-state index >= 15 is 0 Å². The maximum atomic E-state index is 12.9. The molecule has 1 amide bonds. The highest BCUT2D eigenvalue weighted by Gasteiger charge is 2.18. The molecule has 6 heteroatoms. The fourth-order valence-corrected chi connectivity index (χ4v) is 3.96. The van der Waals surface area contributed by atoms with Crippen LogP contribution in [-0.4, -0.2) is 15.3 Å². The van der Waals surface area contributed by atoms with E-state index in [4.69, 9.17) is 23.2 Å². The Labute approximate surface area is 185 Å². The number of rotatable bonds is 5. The third-order valence-electron chi connectivity index (χ3n) is 5.11. The average Bonchev–Trinajstić information content (AvgIpc) is 3.10. The van der Waals surface area contributed by atoms with Gasteiger partial charge in [0.25, 0.3) is 5.91 Å². The van der Waals surface area contributed by atoms with Crippen LogP contribution in [0.25, 0.3) is 16.8 Å². The van der Waals surface area contributed by atoms with Gasteiger partial charge in [0.15, 0.2) is 0 Å². The van der Waals surface area contributed by atoms with Crippen LogP contribution in [0, 0.1) is 6.92 Å². The first-order valence-corrected chi connectivity index (χ1v) is 10.5. The third kappa shape index (κ3) is 4.07. The van der Waals surface area contributed by atoms with Gasteiger partial charge in [-0.15, -0.1) is 0 Å². The van der Waals surface area contributed by atoms with Crippen molar-refractivity contribution in [1.82, 2.24) is 14.7 Å². The lowest BCUT2D eigenvalue weighted by Crippen LogP contribution is -2.25. The van der Waals surface area contributed by atoms with Gasteiger partial charge in [0.1, 0.15) is 11.3 Å². The van der Waals surface area contributed by atoms with E-state index in [1.54, 1.807) is 16.7 Å². The summed E-state index contributed by atoms with van der Waals surface area (Å²) in [5.41, 5.74) is 6.40. The number of imidazole rings is 1. The Balaban J connectivity index is 1.52. The summed E-state index contributed by atoms with van der Waals surface area (Å²) in [5.74, 6) is -0.167. The summed E-state index contributed by atoms with van der Waals surface area (Å²) < 4.78 is 1.75. The van der Waals surface area contributed by atoms with Gasteiger partial charge in [0.05, 0.1) is 10.7 Å². The second-order valence-corrected chi connectivity index (χ2v) is 8.05. The SMILES string of the molecule is CCc1nc2ccc(Cl)cn2c1C(=O)NCc1ccc(-c2ccc(Cl)cc2C)cc1. The topological polar surface area (TPSA) is 46.4 Å². The Morgan fingerprint density at radius 3 is 2.47 bits per heavy atom. The van der Waals surface area contributed by atoms with Gasteiger partial charge < -0.3 is 5.32 Å². The number of nitrogens with zero attached hydrogens (tertiary/aromatic N) is 2. The zero-order chi connectivity index (χ0) is 21.3. The zero-order valence-electron chi connectivity index (χ0n) is 16.7. The van der Waals surface area contributed by atoms with Gasteiger partial charge in [-0.25, -0.2) is 4.98 Å². The van der Waals surface area contributed by atoms with E-state index in [9.17, 15) is 4.79 Å². The molecule has 0 saturated heterocycles. The number of benzene rings is 2. The van der Waals surface area contributed by atoms with E-state index in [0.717, 1.165) is 33.0 Å². The van der Waals surface area contributed by atoms with Crippen molar-refractivity contribution in [2.24, 2.45) is 0 Å². The molecule has 0 unspecified atom stereocenters. The van der Waals surface area contributed by atoms with Crippen LogP contribution >= 0.6 is 23.2 Å². The number of hydrogen-bond donors (Lipinski definition) is 1. The Morgan fingerprint density at radius 1 is 1.03 bits per heavy atom. The minimum Gasteiger partial charge on any atom is -0.347 e. The zero-order valence-corrected chi connectivity index (χ0v) is 18.3. The standard InChI is InChI=1S/C24H21Cl2N3O/c1-3-21-23(29-14-19(26)9-11-22(29)28-21)24(30)27-13-16-4-6-17(7-5-16)20-10-8-18(25)12-15(20)2/h4-12,14H,3,13H2,1-2H3,(H,27,30). The number of amides is 1. The molecule has 0 atom stereocenters. The molecule has 2 aromatic heterocycles. The van der Waals surface area contributed by atoms with Gasteiger partial charge in [-0.2, -0.15) is 0 Å². The van der Waals surface area contributed by atoms with Gasteiger partial charge in [-0.05, 0) is 59.9 Å². The van der Waals surface area contributed by atoms with Gasteiger partial charge in [0, 0.05) is 17.8 Å². The van der Waals surface area contributed by atoms with Crippen LogP contribution in [-0.2, 0) is 13.0 Å². The van der Waals surface area contributed by atoms with E-state index in [-0.39, 0.29) is 5.91 Å². The molecule has 0 aliphatic heterocycles. The van der Waals surface area contributed by atoms with Crippen molar-refractivity contribution < 1.29 is 4.79 Å². The van der Waals surface area contributed by atoms with Gasteiger partial charge in [-0.3, -0.25) is 9.20 Å². The average molecular weight is 438 g/mol. The number of nitrogens with one attached hydrogen (secondary N) is 1. The van der Waals surface area contributed by atoms with Crippen LogP contribution in [0.2, 0.25) is 10.0 Å². The lowest BCUT2D eigenvalue weighted by molar-refractivity contribution is 0.0944. The fraction of sp³-hybridized carbons (Fsp3) is 0.167. The van der Waals surface area contributed by atoms with Crippen molar-refractivity contribution in [3.05, 3.63) is 93.4 Å². The van der Waals surface area contributed by atoms with Gasteiger partial charge >= 0.3 is 0 Å². The largest absolute Gasteiger partial charge is 0.347 e. The molecule has 2 aromatic carbocycles. The number of carbonyl (C=O) groups excluding carboxylic acids is 1. The maximum Gasteiger partial charge on any atom is 0.270 e. The highest BCUT2D eigenvalue weighted by Crippen LogP contribution is 2.26. The van der Waals surface area contributed by atoms with Crippen LogP contribution in [0.3, 0.4) is 0 Å². The maximum absolute atomic E-state index is 12.9. The molecule has 1 N–H and O–H groups in total. The Hall–Kier alpha value is -2.82. The molecular formula is C24H21Cl2N3O. The monoisotopic (exact) mass is 437 g/mol. The second-order valence-electron chi connectivity index (χ2n) is 7.18. The quantitative estimate of drug-likeness (QED) is 0.409. The van der Waals surface area contributed by atoms with Crippen LogP contribution < -0.4 is 5.32 Å². The Kier molecular flexibility index (Phi) is 5.80. The van der Waals surface area contributed by atoms with Crippen molar-refractivity contribution in [3.8, 4) is 11.1 Å². The summed E-state index contributed by atoms with van der Waals surface area (Å²) in [6, 6.07) is 17.6. The summed E-state index contributed by atoms with van der Waals surface area (Å²) in [5, 5.41) is 4.30. The summed E-state index contributed by atoms with van der Waals surface area (Å²) in [4.78, 5) is 17.5. The number of pyridine rings is 1. The van der Waals surface area contributed by atoms with E-state index in [1.165, 1.54) is 0 Å². The molecule has 0 aliphatic rings. The number of fused-ring (bicyclic) bond motifs is 1. The van der Waals surface area contributed by atoms with Gasteiger partial charge in [-0.1, -0.05) is 60.5 Å². The van der Waals surface area contributed by atoms with E-state index in [2.05, 4.69) is 22.4 Å². The lowest BCUT2D eigenvalue weighted by Gasteiger charge is -2.09. The summed E-state index contributed by atoms with van der Waals surface area (Å²) in [6.45, 7) is 4.45. The normalized spacial score (nSPS) is 11.1. The summed E-state index contributed by atoms with van der Waals surface area (Å²) in [7, 11) is 0. The molecule has 0 spiro atoms. The summed E-state index contributed by atoms with van der Waals surface area (Å²) >= 11 is 12.2. The predicted octanol–water partition coefficient (Wildman–Crippen LogP) is 6.11. The van der Waals surface area contributed by atoms with E-state index in [0.29, 0.717) is 29.3 Å². The van der Waals surface area contributed by atoms with Crippen LogP contribution in [0.4, 0.5) is 0 Å². The molecule has 0 saturated carbocycles. The number of aryl methyl sites for hydroxylation is 2. The van der Waals surface area contributed by atoms with Crippen molar-refractivity contribution in [3.63, 3.8) is 0 Å². The molecule has 0 fully saturated rings. The minimum atomic E-state index is -0.167. The van der Waals surface area contributed by atoms with Crippen LogP contribution in [0.15, 0.2) is 60.8 Å². The van der Waals surface area contributed by atoms with E-state index in [1.807, 2.05) is 50.2 Å². The number of aromatic nitrogens is 2. The molecule has 4 rings (SSSR count). The third-order valence-corrected chi connectivity index (χ3v) is 5.57. The second kappa shape index (κ2) is 8.50. The molecule has 0 bridgehead atoms. The number of hydrogen-bond acceptors (Lipinski definition) is 2. The number of carbonyl (C=O) groups is 1. The summed E-state index contributed by atoms with van der Waals surface area (Å²) in [6.07, 6.45) is 2.39. The lowest BCUT2D eigenvalue weighted by atomic mass is 9.99. The Morgan fingerprint density at radius 2 is 1.77 bits per heavy atom. The minimum absolute atomic E-state index is 0.167. The van der Waals surface area contributed by atoms with Crippen molar-refractivity contribution in [1.29, 1.82) is 0 Å². The van der Waals surface area contributed by atoms with Crippen molar-refractivity contribution in [2.75, 3.05) is 0 Å². The molecule has 152 valence electrons. The molecule has 0 aliphatic carbocycles. The first-order valence-electron chi connectivity index (χ1n) is 9.76. The molecule has 0 radical (unpaired) electrons. The molecule has 4 aromatic rings. The van der Waals surface area contributed by atoms with E-state index < -0.39 is 0 Å². The van der Waals surface area contributed by atoms with Crippen LogP contribution in [0.1, 0.15) is 34.2 Å². The highest BCUT2D eigenvalue weighted by atomic mass is 35.5. The molecule has 2 heterocycles. The first-order chi connectivity index (χ1) is 14.5. The molecule has 4 nitrogen and oxygen atoms in total. The smallest absolute Gasteiger partial charge is 0.270 e. The van der Waals surface area contributed by atoms with Crippen molar-refractivity contribution >= 4 is 34.8 Å². The Bertz CT molecular complexity index is 1230. The fourth-order valence-electron chi connectivity index (χ4n) is 3.57. The van der Waals surface area contributed by atoms with Crippen molar-refractivity contribution in [2.45, 2.75) is 26.8 Å². The van der Waals surface area contributed by atoms with Gasteiger partial charge in [0.2, 0.25) is 0 Å². The number of halogens is 2. The highest BCUT2D eigenvalue weighted by molar-refractivity contribution is 6.31. The molecule has 30 heavy (non-hydrogen) atoms. The first kappa shape index (κ1) is 20.5. The predicted molar refractivity (Wildman–Crippen MR) is 122 cm³/mol. The molecular weight excluding hydrogens is 417 g/mol. The van der Waals surface area contributed by atoms with Crippen LogP contribution in [0.5, 0.6) is 0 Å².